The summed E-state index contributed by atoms with van der Waals surface area (Å²) in [7, 11) is 1.46. The molecule has 1 fully saturated rings. The second-order valence-corrected chi connectivity index (χ2v) is 6.86. The van der Waals surface area contributed by atoms with Gasteiger partial charge >= 0.3 is 0 Å². The van der Waals surface area contributed by atoms with E-state index in [4.69, 9.17) is 9.47 Å². The number of carbonyl (C=O) groups is 2. The lowest BCUT2D eigenvalue weighted by molar-refractivity contribution is -0.384. The van der Waals surface area contributed by atoms with Crippen molar-refractivity contribution in [2.75, 3.05) is 31.7 Å². The van der Waals surface area contributed by atoms with Crippen LogP contribution in [0.3, 0.4) is 0 Å². The third kappa shape index (κ3) is 5.03. The summed E-state index contributed by atoms with van der Waals surface area (Å²) in [6.45, 7) is 3.76. The first-order chi connectivity index (χ1) is 14.9. The van der Waals surface area contributed by atoms with Crippen LogP contribution in [0.5, 0.6) is 11.5 Å². The number of methoxy groups -OCH3 is 1. The first-order valence-corrected chi connectivity index (χ1v) is 9.89. The molecule has 0 aliphatic carbocycles. The summed E-state index contributed by atoms with van der Waals surface area (Å²) in [5.41, 5.74) is 5.25. The number of amides is 2. The molecule has 1 aliphatic rings. The molecular formula is C21H24N4O6. The van der Waals surface area contributed by atoms with Crippen LogP contribution >= 0.6 is 0 Å². The molecule has 2 aromatic rings. The maximum Gasteiger partial charge on any atom is 0.293 e. The minimum Gasteiger partial charge on any atom is -0.493 e. The normalized spacial score (nSPS) is 12.9. The fourth-order valence-corrected chi connectivity index (χ4v) is 3.38. The van der Waals surface area contributed by atoms with E-state index in [-0.39, 0.29) is 16.8 Å². The van der Waals surface area contributed by atoms with Gasteiger partial charge in [-0.2, -0.15) is 0 Å². The fourth-order valence-electron chi connectivity index (χ4n) is 3.38. The molecule has 10 nitrogen and oxygen atoms in total. The van der Waals surface area contributed by atoms with E-state index < -0.39 is 16.7 Å². The van der Waals surface area contributed by atoms with Gasteiger partial charge in [-0.15, -0.1) is 0 Å². The smallest absolute Gasteiger partial charge is 0.293 e. The summed E-state index contributed by atoms with van der Waals surface area (Å²) in [6, 6.07) is 8.90. The van der Waals surface area contributed by atoms with Crippen LogP contribution in [0.4, 0.5) is 11.4 Å². The summed E-state index contributed by atoms with van der Waals surface area (Å²) in [5.74, 6) is -0.356. The maximum absolute atomic E-state index is 12.4. The van der Waals surface area contributed by atoms with Crippen LogP contribution in [0.1, 0.15) is 40.5 Å². The maximum atomic E-state index is 12.4. The predicted octanol–water partition coefficient (Wildman–Crippen LogP) is 2.68. The second kappa shape index (κ2) is 9.79. The number of hydrogen-bond donors (Lipinski definition) is 2. The van der Waals surface area contributed by atoms with Crippen LogP contribution in [0.15, 0.2) is 36.4 Å². The van der Waals surface area contributed by atoms with Gasteiger partial charge in [0.1, 0.15) is 5.69 Å². The summed E-state index contributed by atoms with van der Waals surface area (Å²) in [6.07, 6.45) is 1.95. The number of hydrogen-bond acceptors (Lipinski definition) is 7. The van der Waals surface area contributed by atoms with Gasteiger partial charge in [-0.3, -0.25) is 30.6 Å². The second-order valence-electron chi connectivity index (χ2n) is 6.86. The highest BCUT2D eigenvalue weighted by Crippen LogP contribution is 2.31. The molecule has 1 saturated heterocycles. The van der Waals surface area contributed by atoms with E-state index in [0.29, 0.717) is 23.8 Å². The Kier molecular flexibility index (Phi) is 6.91. The first kappa shape index (κ1) is 21.9. The molecule has 10 heteroatoms. The lowest BCUT2D eigenvalue weighted by atomic mass is 10.1. The summed E-state index contributed by atoms with van der Waals surface area (Å²) in [5, 5.41) is 11.5. The van der Waals surface area contributed by atoms with E-state index in [9.17, 15) is 19.7 Å². The van der Waals surface area contributed by atoms with Crippen LogP contribution in [-0.2, 0) is 0 Å². The van der Waals surface area contributed by atoms with Crippen LogP contribution < -0.4 is 25.2 Å². The minimum atomic E-state index is -0.665. The number of carbonyl (C=O) groups excluding carboxylic acids is 2. The number of anilines is 1. The molecule has 2 amide bonds. The average Bonchev–Trinajstić information content (AvgIpc) is 3.32. The summed E-state index contributed by atoms with van der Waals surface area (Å²) < 4.78 is 10.6. The Bertz CT molecular complexity index is 988. The number of nitrogens with zero attached hydrogens (tertiary/aromatic N) is 2. The molecule has 0 atom stereocenters. The van der Waals surface area contributed by atoms with E-state index >= 15 is 0 Å². The Hall–Kier alpha value is -3.82. The highest BCUT2D eigenvalue weighted by molar-refractivity contribution is 6.00. The van der Waals surface area contributed by atoms with Crippen molar-refractivity contribution in [1.29, 1.82) is 0 Å². The quantitative estimate of drug-likeness (QED) is 0.513. The number of benzene rings is 2. The molecule has 0 aromatic heterocycles. The molecule has 3 rings (SSSR count). The molecule has 164 valence electrons. The van der Waals surface area contributed by atoms with E-state index in [1.54, 1.807) is 12.1 Å². The zero-order valence-corrected chi connectivity index (χ0v) is 17.3. The molecule has 1 heterocycles. The Morgan fingerprint density at radius 3 is 2.23 bits per heavy atom. The van der Waals surface area contributed by atoms with Gasteiger partial charge in [0.15, 0.2) is 11.5 Å². The number of nitrogens with one attached hydrogen (secondary N) is 2. The number of hydrazine groups is 1. The van der Waals surface area contributed by atoms with E-state index in [1.165, 1.54) is 31.4 Å². The zero-order chi connectivity index (χ0) is 22.4. The van der Waals surface area contributed by atoms with Crippen molar-refractivity contribution >= 4 is 23.2 Å². The fraction of sp³-hybridized carbons (Fsp3) is 0.333. The highest BCUT2D eigenvalue weighted by Gasteiger charge is 2.24. The lowest BCUT2D eigenvalue weighted by Crippen LogP contribution is -2.41. The van der Waals surface area contributed by atoms with Gasteiger partial charge in [0, 0.05) is 30.3 Å². The van der Waals surface area contributed by atoms with Crippen molar-refractivity contribution in [3.63, 3.8) is 0 Å². The Morgan fingerprint density at radius 2 is 1.65 bits per heavy atom. The van der Waals surface area contributed by atoms with Crippen LogP contribution in [0.25, 0.3) is 0 Å². The van der Waals surface area contributed by atoms with Gasteiger partial charge in [0.2, 0.25) is 0 Å². The van der Waals surface area contributed by atoms with Crippen LogP contribution in [0, 0.1) is 10.1 Å². The van der Waals surface area contributed by atoms with Crippen LogP contribution in [-0.4, -0.2) is 43.5 Å². The Balaban J connectivity index is 1.69. The number of rotatable bonds is 7. The summed E-state index contributed by atoms with van der Waals surface area (Å²) in [4.78, 5) is 37.7. The van der Waals surface area contributed by atoms with Crippen molar-refractivity contribution in [3.05, 3.63) is 57.6 Å². The molecule has 0 saturated carbocycles. The zero-order valence-electron chi connectivity index (χ0n) is 17.3. The third-order valence-corrected chi connectivity index (χ3v) is 4.90. The molecule has 0 unspecified atom stereocenters. The molecule has 0 bridgehead atoms. The van der Waals surface area contributed by atoms with E-state index in [2.05, 4.69) is 10.9 Å². The summed E-state index contributed by atoms with van der Waals surface area (Å²) >= 11 is 0. The monoisotopic (exact) mass is 428 g/mol. The largest absolute Gasteiger partial charge is 0.493 e. The molecule has 2 aromatic carbocycles. The van der Waals surface area contributed by atoms with Crippen molar-refractivity contribution in [3.8, 4) is 11.5 Å². The average molecular weight is 428 g/mol. The number of nitro benzene ring substituents is 1. The van der Waals surface area contributed by atoms with E-state index in [1.807, 2.05) is 11.8 Å². The molecule has 31 heavy (non-hydrogen) atoms. The standard InChI is InChI=1S/C21H24N4O6/c1-3-31-18-9-7-15(13-19(18)30-2)21(27)23-22-20(26)14-6-8-16(17(12-14)25(28)29)24-10-4-5-11-24/h6-9,12-13H,3-5,10-11H2,1-2H3,(H,22,26)(H,23,27). The van der Waals surface area contributed by atoms with Gasteiger partial charge in [0.05, 0.1) is 18.6 Å². The topological polar surface area (TPSA) is 123 Å². The van der Waals surface area contributed by atoms with Crippen molar-refractivity contribution in [1.82, 2.24) is 10.9 Å². The highest BCUT2D eigenvalue weighted by atomic mass is 16.6. The molecule has 0 spiro atoms. The molecule has 2 N–H and O–H groups in total. The number of ether oxygens (including phenoxy) is 2. The first-order valence-electron chi connectivity index (χ1n) is 9.89. The molecular weight excluding hydrogens is 404 g/mol. The lowest BCUT2D eigenvalue weighted by Gasteiger charge is -2.18. The SMILES string of the molecule is CCOc1ccc(C(=O)NNC(=O)c2ccc(N3CCCC3)c([N+](=O)[O-])c2)cc1OC. The minimum absolute atomic E-state index is 0.0687. The van der Waals surface area contributed by atoms with Crippen molar-refractivity contribution in [2.24, 2.45) is 0 Å². The van der Waals surface area contributed by atoms with Gasteiger partial charge in [0.25, 0.3) is 17.5 Å². The van der Waals surface area contributed by atoms with Crippen molar-refractivity contribution in [2.45, 2.75) is 19.8 Å². The van der Waals surface area contributed by atoms with Crippen LogP contribution in [0.2, 0.25) is 0 Å². The molecule has 0 radical (unpaired) electrons. The van der Waals surface area contributed by atoms with Gasteiger partial charge in [-0.05, 0) is 50.1 Å². The van der Waals surface area contributed by atoms with Gasteiger partial charge in [-0.25, -0.2) is 0 Å². The van der Waals surface area contributed by atoms with Gasteiger partial charge < -0.3 is 14.4 Å². The third-order valence-electron chi connectivity index (χ3n) is 4.90. The Labute approximate surface area is 179 Å². The van der Waals surface area contributed by atoms with E-state index in [0.717, 1.165) is 25.9 Å². The van der Waals surface area contributed by atoms with Crippen molar-refractivity contribution < 1.29 is 24.0 Å². The Morgan fingerprint density at radius 1 is 1.03 bits per heavy atom. The van der Waals surface area contributed by atoms with Gasteiger partial charge in [-0.1, -0.05) is 0 Å². The molecule has 1 aliphatic heterocycles. The predicted molar refractivity (Wildman–Crippen MR) is 114 cm³/mol. The number of nitro groups is 1.